The van der Waals surface area contributed by atoms with E-state index >= 15 is 0 Å². The van der Waals surface area contributed by atoms with Crippen molar-refractivity contribution >= 4 is 11.9 Å². The van der Waals surface area contributed by atoms with Gasteiger partial charge in [0.1, 0.15) is 0 Å². The molecule has 0 saturated carbocycles. The molecule has 0 fully saturated rings. The molecule has 0 heterocycles. The molecule has 0 spiro atoms. The van der Waals surface area contributed by atoms with E-state index in [9.17, 15) is 19.8 Å². The SMILES string of the molecule is CCCCC/C=C\C/C=C\CCCCCCCC(=O)OCCCCCCCCCCCCCC(=O)NC(CO)C(O)CCCCCCCCCCCCCCCCCC. The van der Waals surface area contributed by atoms with Crippen LogP contribution in [-0.4, -0.2) is 47.4 Å². The molecule has 0 bridgehead atoms. The maximum Gasteiger partial charge on any atom is 0.305 e. The van der Waals surface area contributed by atoms with E-state index < -0.39 is 12.1 Å². The summed E-state index contributed by atoms with van der Waals surface area (Å²) >= 11 is 0. The van der Waals surface area contributed by atoms with Gasteiger partial charge in [-0.25, -0.2) is 0 Å². The van der Waals surface area contributed by atoms with Gasteiger partial charge in [-0.3, -0.25) is 9.59 Å². The van der Waals surface area contributed by atoms with Crippen molar-refractivity contribution in [3.8, 4) is 0 Å². The second-order valence-electron chi connectivity index (χ2n) is 17.9. The molecule has 0 aliphatic heterocycles. The third-order valence-electron chi connectivity index (χ3n) is 12.0. The number of allylic oxidation sites excluding steroid dienone is 4. The number of ether oxygens (including phenoxy) is 1. The van der Waals surface area contributed by atoms with E-state index in [0.717, 1.165) is 70.6 Å². The van der Waals surface area contributed by atoms with Gasteiger partial charge in [-0.05, 0) is 57.8 Å². The maximum atomic E-state index is 12.5. The van der Waals surface area contributed by atoms with E-state index in [2.05, 4.69) is 43.5 Å². The number of aliphatic hydroxyl groups is 2. The van der Waals surface area contributed by atoms with Gasteiger partial charge in [-0.1, -0.05) is 231 Å². The highest BCUT2D eigenvalue weighted by Gasteiger charge is 2.20. The van der Waals surface area contributed by atoms with E-state index in [-0.39, 0.29) is 18.5 Å². The number of hydrogen-bond donors (Lipinski definition) is 3. The highest BCUT2D eigenvalue weighted by Crippen LogP contribution is 2.16. The molecule has 0 aromatic carbocycles. The van der Waals surface area contributed by atoms with Gasteiger partial charge in [0.25, 0.3) is 0 Å². The minimum Gasteiger partial charge on any atom is -0.466 e. The molecular weight excluding hydrogens is 731 g/mol. The fourth-order valence-electron chi connectivity index (χ4n) is 7.96. The summed E-state index contributed by atoms with van der Waals surface area (Å²) in [6.45, 7) is 4.88. The number of nitrogens with one attached hydrogen (secondary N) is 1. The van der Waals surface area contributed by atoms with E-state index in [1.807, 2.05) is 0 Å². The van der Waals surface area contributed by atoms with Crippen LogP contribution in [0.25, 0.3) is 0 Å². The average molecular weight is 832 g/mol. The van der Waals surface area contributed by atoms with Crippen molar-refractivity contribution in [2.75, 3.05) is 13.2 Å². The monoisotopic (exact) mass is 832 g/mol. The van der Waals surface area contributed by atoms with Crippen LogP contribution < -0.4 is 5.32 Å². The molecule has 59 heavy (non-hydrogen) atoms. The van der Waals surface area contributed by atoms with Crippen molar-refractivity contribution < 1.29 is 24.5 Å². The largest absolute Gasteiger partial charge is 0.466 e. The third-order valence-corrected chi connectivity index (χ3v) is 12.0. The Labute approximate surface area is 367 Å². The fourth-order valence-corrected chi connectivity index (χ4v) is 7.96. The highest BCUT2D eigenvalue weighted by atomic mass is 16.5. The molecule has 3 N–H and O–H groups in total. The quantitative estimate of drug-likeness (QED) is 0.0322. The lowest BCUT2D eigenvalue weighted by Crippen LogP contribution is -2.45. The molecule has 2 unspecified atom stereocenters. The molecule has 2 atom stereocenters. The van der Waals surface area contributed by atoms with Crippen LogP contribution in [0.3, 0.4) is 0 Å². The Morgan fingerprint density at radius 3 is 1.32 bits per heavy atom. The van der Waals surface area contributed by atoms with Crippen LogP contribution in [0.15, 0.2) is 24.3 Å². The van der Waals surface area contributed by atoms with Crippen LogP contribution in [0.5, 0.6) is 0 Å². The first kappa shape index (κ1) is 57.3. The summed E-state index contributed by atoms with van der Waals surface area (Å²) < 4.78 is 5.45. The number of carbonyl (C=O) groups is 2. The number of rotatable bonds is 48. The molecule has 6 nitrogen and oxygen atoms in total. The van der Waals surface area contributed by atoms with Crippen LogP contribution in [0.4, 0.5) is 0 Å². The second kappa shape index (κ2) is 49.0. The Bertz CT molecular complexity index is 920. The van der Waals surface area contributed by atoms with E-state index in [1.54, 1.807) is 0 Å². The number of amides is 1. The molecule has 0 radical (unpaired) electrons. The first-order valence-electron chi connectivity index (χ1n) is 26.1. The van der Waals surface area contributed by atoms with Gasteiger partial charge >= 0.3 is 5.97 Å². The minimum atomic E-state index is -0.677. The lowest BCUT2D eigenvalue weighted by molar-refractivity contribution is -0.143. The van der Waals surface area contributed by atoms with Crippen LogP contribution >= 0.6 is 0 Å². The van der Waals surface area contributed by atoms with Crippen molar-refractivity contribution in [1.82, 2.24) is 5.32 Å². The van der Waals surface area contributed by atoms with Gasteiger partial charge in [0.15, 0.2) is 0 Å². The zero-order valence-corrected chi connectivity index (χ0v) is 39.5. The third kappa shape index (κ3) is 45.7. The lowest BCUT2D eigenvalue weighted by Gasteiger charge is -2.22. The van der Waals surface area contributed by atoms with Gasteiger partial charge < -0.3 is 20.3 Å². The second-order valence-corrected chi connectivity index (χ2v) is 17.9. The molecule has 0 rings (SSSR count). The summed E-state index contributed by atoms with van der Waals surface area (Å²) in [4.78, 5) is 24.5. The molecule has 0 aliphatic rings. The molecule has 348 valence electrons. The Balaban J connectivity index is 3.48. The standard InChI is InChI=1S/C53H101NO5/c1-3-5-7-9-11-13-15-17-19-21-22-25-29-33-37-41-45-51(56)50(49-55)54-52(57)46-42-38-34-30-26-24-28-32-36-40-44-48-59-53(58)47-43-39-35-31-27-23-20-18-16-14-12-10-8-6-4-2/h12,14,18,20,50-51,55-56H,3-11,13,15-17,19,21-49H2,1-2H3,(H,54,57)/b14-12-,20-18-. The van der Waals surface area contributed by atoms with Gasteiger partial charge in [0, 0.05) is 12.8 Å². The summed E-state index contributed by atoms with van der Waals surface area (Å²) in [5.74, 6) is -0.0813. The number of carbonyl (C=O) groups excluding carboxylic acids is 2. The van der Waals surface area contributed by atoms with Gasteiger partial charge in [-0.2, -0.15) is 0 Å². The topological polar surface area (TPSA) is 95.9 Å². The number of aliphatic hydroxyl groups excluding tert-OH is 2. The number of esters is 1. The maximum absolute atomic E-state index is 12.5. The Kier molecular flexibility index (Phi) is 47.6. The zero-order valence-electron chi connectivity index (χ0n) is 39.5. The number of hydrogen-bond acceptors (Lipinski definition) is 5. The van der Waals surface area contributed by atoms with Gasteiger partial charge in [-0.15, -0.1) is 0 Å². The normalized spacial score (nSPS) is 12.8. The Hall–Kier alpha value is -1.66. The first-order chi connectivity index (χ1) is 29.0. The molecular formula is C53H101NO5. The summed E-state index contributed by atoms with van der Waals surface area (Å²) in [7, 11) is 0. The smallest absolute Gasteiger partial charge is 0.305 e. The molecule has 0 aromatic heterocycles. The van der Waals surface area contributed by atoms with Crippen molar-refractivity contribution in [2.24, 2.45) is 0 Å². The van der Waals surface area contributed by atoms with Gasteiger partial charge in [0.05, 0.1) is 25.4 Å². The van der Waals surface area contributed by atoms with Crippen LogP contribution in [-0.2, 0) is 14.3 Å². The zero-order chi connectivity index (χ0) is 43.0. The van der Waals surface area contributed by atoms with E-state index in [0.29, 0.717) is 25.9 Å². The first-order valence-corrected chi connectivity index (χ1v) is 26.1. The molecule has 6 heteroatoms. The molecule has 1 amide bonds. The summed E-state index contributed by atoms with van der Waals surface area (Å²) in [5.41, 5.74) is 0. The Morgan fingerprint density at radius 1 is 0.475 bits per heavy atom. The number of unbranched alkanes of at least 4 members (excludes halogenated alkanes) is 33. The van der Waals surface area contributed by atoms with Gasteiger partial charge in [0.2, 0.25) is 5.91 Å². The van der Waals surface area contributed by atoms with Crippen LogP contribution in [0.2, 0.25) is 0 Å². The van der Waals surface area contributed by atoms with E-state index in [1.165, 1.54) is 173 Å². The predicted molar refractivity (Wildman–Crippen MR) is 255 cm³/mol. The lowest BCUT2D eigenvalue weighted by atomic mass is 10.0. The Morgan fingerprint density at radius 2 is 0.847 bits per heavy atom. The minimum absolute atomic E-state index is 0.0274. The van der Waals surface area contributed by atoms with Crippen molar-refractivity contribution in [1.29, 1.82) is 0 Å². The average Bonchev–Trinajstić information content (AvgIpc) is 3.24. The summed E-state index contributed by atoms with van der Waals surface area (Å²) in [6.07, 6.45) is 57.1. The molecule has 0 saturated heterocycles. The van der Waals surface area contributed by atoms with Crippen LogP contribution in [0.1, 0.15) is 277 Å². The fraction of sp³-hybridized carbons (Fsp3) is 0.887. The van der Waals surface area contributed by atoms with Crippen molar-refractivity contribution in [3.05, 3.63) is 24.3 Å². The predicted octanol–water partition coefficient (Wildman–Crippen LogP) is 15.5. The summed E-state index contributed by atoms with van der Waals surface area (Å²) in [6, 6.07) is -0.556. The van der Waals surface area contributed by atoms with Crippen molar-refractivity contribution in [3.63, 3.8) is 0 Å². The van der Waals surface area contributed by atoms with E-state index in [4.69, 9.17) is 4.74 Å². The van der Waals surface area contributed by atoms with Crippen molar-refractivity contribution in [2.45, 2.75) is 289 Å². The molecule has 0 aliphatic carbocycles. The highest BCUT2D eigenvalue weighted by molar-refractivity contribution is 5.76. The van der Waals surface area contributed by atoms with Crippen LogP contribution in [0, 0.1) is 0 Å². The molecule has 0 aromatic rings. The summed E-state index contributed by atoms with van der Waals surface area (Å²) in [5, 5.41) is 23.2.